The first kappa shape index (κ1) is 16.3. The van der Waals surface area contributed by atoms with Gasteiger partial charge < -0.3 is 5.73 Å². The fourth-order valence-corrected chi connectivity index (χ4v) is 2.79. The summed E-state index contributed by atoms with van der Waals surface area (Å²) in [5, 5.41) is 0. The Morgan fingerprint density at radius 3 is 2.05 bits per heavy atom. The molecule has 0 fully saturated rings. The summed E-state index contributed by atoms with van der Waals surface area (Å²) in [4.78, 5) is 0. The van der Waals surface area contributed by atoms with Gasteiger partial charge in [-0.15, -0.1) is 0 Å². The Morgan fingerprint density at radius 2 is 1.53 bits per heavy atom. The first-order valence-corrected chi connectivity index (χ1v) is 8.46. The van der Waals surface area contributed by atoms with Crippen LogP contribution in [0.2, 0.25) is 0 Å². The normalized spacial score (nSPS) is 18.6. The van der Waals surface area contributed by atoms with Crippen molar-refractivity contribution in [3.8, 4) is 0 Å². The standard InChI is InChI=1S/C18H33N/c1-2-3-4-5-6-7-8-9-10-11-12-17-13-15-18(19)16-14-17/h13,15-17H,2-12,14,19H2,1H3. The minimum Gasteiger partial charge on any atom is -0.399 e. The van der Waals surface area contributed by atoms with Crippen molar-refractivity contribution in [1.29, 1.82) is 0 Å². The molecule has 19 heavy (non-hydrogen) atoms. The van der Waals surface area contributed by atoms with Crippen LogP contribution < -0.4 is 5.73 Å². The van der Waals surface area contributed by atoms with Crippen LogP contribution in [0.25, 0.3) is 0 Å². The van der Waals surface area contributed by atoms with Crippen LogP contribution in [0.4, 0.5) is 0 Å². The van der Waals surface area contributed by atoms with Crippen LogP contribution in [-0.4, -0.2) is 0 Å². The van der Waals surface area contributed by atoms with Gasteiger partial charge in [0.05, 0.1) is 0 Å². The van der Waals surface area contributed by atoms with E-state index in [9.17, 15) is 0 Å². The number of hydrogen-bond acceptors (Lipinski definition) is 1. The zero-order valence-corrected chi connectivity index (χ0v) is 12.9. The molecule has 0 saturated carbocycles. The molecular formula is C18H33N. The van der Waals surface area contributed by atoms with Crippen molar-refractivity contribution in [3.05, 3.63) is 23.9 Å². The van der Waals surface area contributed by atoms with Gasteiger partial charge in [0.1, 0.15) is 0 Å². The van der Waals surface area contributed by atoms with Crippen molar-refractivity contribution >= 4 is 0 Å². The lowest BCUT2D eigenvalue weighted by atomic mass is 9.93. The Morgan fingerprint density at radius 1 is 0.947 bits per heavy atom. The Hall–Kier alpha value is -0.720. The summed E-state index contributed by atoms with van der Waals surface area (Å²) in [7, 11) is 0. The molecule has 0 aromatic heterocycles. The molecule has 0 saturated heterocycles. The van der Waals surface area contributed by atoms with E-state index in [-0.39, 0.29) is 0 Å². The zero-order chi connectivity index (χ0) is 13.8. The molecule has 0 bridgehead atoms. The third-order valence-electron chi connectivity index (χ3n) is 4.15. The van der Waals surface area contributed by atoms with Crippen LogP contribution in [-0.2, 0) is 0 Å². The monoisotopic (exact) mass is 263 g/mol. The summed E-state index contributed by atoms with van der Waals surface area (Å²) < 4.78 is 0. The lowest BCUT2D eigenvalue weighted by Crippen LogP contribution is -2.04. The maximum Gasteiger partial charge on any atom is 0.0270 e. The van der Waals surface area contributed by atoms with E-state index in [1.807, 2.05) is 0 Å². The molecule has 1 aliphatic rings. The molecule has 0 spiro atoms. The van der Waals surface area contributed by atoms with E-state index in [0.29, 0.717) is 0 Å². The summed E-state index contributed by atoms with van der Waals surface area (Å²) in [6.45, 7) is 2.28. The van der Waals surface area contributed by atoms with Gasteiger partial charge in [-0.1, -0.05) is 83.3 Å². The van der Waals surface area contributed by atoms with Crippen LogP contribution in [0.1, 0.15) is 84.0 Å². The minimum absolute atomic E-state index is 0.751. The van der Waals surface area contributed by atoms with E-state index >= 15 is 0 Å². The van der Waals surface area contributed by atoms with Crippen LogP contribution in [0, 0.1) is 5.92 Å². The summed E-state index contributed by atoms with van der Waals surface area (Å²) in [5.41, 5.74) is 6.67. The molecule has 1 aliphatic carbocycles. The maximum absolute atomic E-state index is 5.72. The summed E-state index contributed by atoms with van der Waals surface area (Å²) in [6, 6.07) is 0. The summed E-state index contributed by atoms with van der Waals surface area (Å²) in [6.07, 6.45) is 23.3. The molecule has 110 valence electrons. The van der Waals surface area contributed by atoms with Crippen LogP contribution in [0.3, 0.4) is 0 Å². The molecule has 0 aromatic carbocycles. The Labute approximate surface area is 120 Å². The number of rotatable bonds is 11. The molecular weight excluding hydrogens is 230 g/mol. The molecule has 1 rings (SSSR count). The highest BCUT2D eigenvalue weighted by Gasteiger charge is 2.06. The quantitative estimate of drug-likeness (QED) is 0.474. The van der Waals surface area contributed by atoms with Gasteiger partial charge in [-0.3, -0.25) is 0 Å². The maximum atomic E-state index is 5.72. The number of nitrogens with two attached hydrogens (primary N) is 1. The van der Waals surface area contributed by atoms with Crippen molar-refractivity contribution in [2.75, 3.05) is 0 Å². The summed E-state index contributed by atoms with van der Waals surface area (Å²) >= 11 is 0. The highest BCUT2D eigenvalue weighted by Crippen LogP contribution is 2.21. The van der Waals surface area contributed by atoms with Gasteiger partial charge in [0.2, 0.25) is 0 Å². The predicted molar refractivity (Wildman–Crippen MR) is 86.0 cm³/mol. The molecule has 0 aliphatic heterocycles. The highest BCUT2D eigenvalue weighted by atomic mass is 14.6. The first-order chi connectivity index (χ1) is 9.33. The minimum atomic E-state index is 0.751. The second kappa shape index (κ2) is 11.1. The molecule has 0 radical (unpaired) electrons. The molecule has 0 aromatic rings. The second-order valence-corrected chi connectivity index (χ2v) is 6.03. The topological polar surface area (TPSA) is 26.0 Å². The van der Waals surface area contributed by atoms with E-state index in [1.54, 1.807) is 0 Å². The van der Waals surface area contributed by atoms with Crippen molar-refractivity contribution in [2.24, 2.45) is 11.7 Å². The Bertz CT molecular complexity index is 265. The molecule has 0 heterocycles. The van der Waals surface area contributed by atoms with Crippen molar-refractivity contribution in [3.63, 3.8) is 0 Å². The van der Waals surface area contributed by atoms with Crippen molar-refractivity contribution < 1.29 is 0 Å². The number of allylic oxidation sites excluding steroid dienone is 3. The average molecular weight is 263 g/mol. The van der Waals surface area contributed by atoms with Gasteiger partial charge in [-0.25, -0.2) is 0 Å². The fourth-order valence-electron chi connectivity index (χ4n) is 2.79. The molecule has 1 atom stereocenters. The average Bonchev–Trinajstić information content (AvgIpc) is 2.43. The zero-order valence-electron chi connectivity index (χ0n) is 12.9. The Kier molecular flexibility index (Phi) is 9.57. The molecule has 1 heteroatoms. The smallest absolute Gasteiger partial charge is 0.0270 e. The first-order valence-electron chi connectivity index (χ1n) is 8.46. The number of unbranched alkanes of at least 4 members (excludes halogenated alkanes) is 9. The lowest BCUT2D eigenvalue weighted by molar-refractivity contribution is 0.509. The largest absolute Gasteiger partial charge is 0.399 e. The van der Waals surface area contributed by atoms with Gasteiger partial charge in [-0.2, -0.15) is 0 Å². The van der Waals surface area contributed by atoms with Gasteiger partial charge in [0.25, 0.3) is 0 Å². The van der Waals surface area contributed by atoms with E-state index in [2.05, 4.69) is 25.2 Å². The van der Waals surface area contributed by atoms with Crippen molar-refractivity contribution in [2.45, 2.75) is 84.0 Å². The van der Waals surface area contributed by atoms with E-state index in [1.165, 1.54) is 70.6 Å². The van der Waals surface area contributed by atoms with E-state index < -0.39 is 0 Å². The van der Waals surface area contributed by atoms with Crippen LogP contribution in [0.5, 0.6) is 0 Å². The van der Waals surface area contributed by atoms with Crippen LogP contribution in [0.15, 0.2) is 23.9 Å². The predicted octanol–water partition coefficient (Wildman–Crippen LogP) is 5.72. The molecule has 1 nitrogen and oxygen atoms in total. The van der Waals surface area contributed by atoms with E-state index in [0.717, 1.165) is 18.0 Å². The van der Waals surface area contributed by atoms with Crippen molar-refractivity contribution in [1.82, 2.24) is 0 Å². The van der Waals surface area contributed by atoms with Gasteiger partial charge in [0.15, 0.2) is 0 Å². The highest BCUT2D eigenvalue weighted by molar-refractivity contribution is 5.20. The number of hydrogen-bond donors (Lipinski definition) is 1. The molecule has 1 unspecified atom stereocenters. The van der Waals surface area contributed by atoms with Gasteiger partial charge in [-0.05, 0) is 24.8 Å². The molecule has 0 amide bonds. The summed E-state index contributed by atoms with van der Waals surface area (Å²) in [5.74, 6) is 0.751. The molecule has 2 N–H and O–H groups in total. The third-order valence-corrected chi connectivity index (χ3v) is 4.15. The van der Waals surface area contributed by atoms with Gasteiger partial charge >= 0.3 is 0 Å². The van der Waals surface area contributed by atoms with E-state index in [4.69, 9.17) is 5.73 Å². The van der Waals surface area contributed by atoms with Crippen LogP contribution >= 0.6 is 0 Å². The SMILES string of the molecule is CCCCCCCCCCCCC1C=CC(N)=CC1. The second-order valence-electron chi connectivity index (χ2n) is 6.03. The Balaban J connectivity index is 1.80. The van der Waals surface area contributed by atoms with Gasteiger partial charge in [0, 0.05) is 5.70 Å². The lowest BCUT2D eigenvalue weighted by Gasteiger charge is -2.14. The fraction of sp³-hybridized carbons (Fsp3) is 0.778. The third kappa shape index (κ3) is 8.91.